The standard InChI is InChI=1S/C14H18FN3O2/c1-11-13(17-9-7-16-8-10-17)18(15,14(19)20-11)12-5-3-2-4-6-12/h2-6,11,13,16H,1,7-10H2/q+1. The highest BCUT2D eigenvalue weighted by Gasteiger charge is 2.63. The lowest BCUT2D eigenvalue weighted by atomic mass is 10.2. The maximum absolute atomic E-state index is 15.5. The van der Waals surface area contributed by atoms with Crippen molar-refractivity contribution in [3.05, 3.63) is 37.3 Å². The summed E-state index contributed by atoms with van der Waals surface area (Å²) in [7, 11) is 0. The lowest BCUT2D eigenvalue weighted by Gasteiger charge is -2.35. The Morgan fingerprint density at radius 1 is 1.30 bits per heavy atom. The fourth-order valence-electron chi connectivity index (χ4n) is 2.91. The first-order chi connectivity index (χ1) is 9.64. The zero-order valence-electron chi connectivity index (χ0n) is 11.2. The lowest BCUT2D eigenvalue weighted by Crippen LogP contribution is -2.62. The Bertz CT molecular complexity index is 492. The largest absolute Gasteiger partial charge is 0.563 e. The number of cyclic esters (lactones) is 1. The van der Waals surface area contributed by atoms with E-state index in [1.54, 1.807) is 30.3 Å². The van der Waals surface area contributed by atoms with Gasteiger partial charge in [0.2, 0.25) is 6.17 Å². The second-order valence-electron chi connectivity index (χ2n) is 5.09. The van der Waals surface area contributed by atoms with Crippen molar-refractivity contribution in [3.63, 3.8) is 0 Å². The summed E-state index contributed by atoms with van der Waals surface area (Å²) in [6, 6.07) is 8.43. The molecule has 2 aliphatic rings. The normalized spacial score (nSPS) is 35.0. The second-order valence-corrected chi connectivity index (χ2v) is 5.09. The number of amides is 1. The van der Waals surface area contributed by atoms with Crippen LogP contribution in [0.2, 0.25) is 0 Å². The van der Waals surface area contributed by atoms with Crippen molar-refractivity contribution in [1.29, 1.82) is 0 Å². The topological polar surface area (TPSA) is 41.6 Å². The van der Waals surface area contributed by atoms with Crippen molar-refractivity contribution in [3.8, 4) is 0 Å². The number of halogens is 1. The van der Waals surface area contributed by atoms with E-state index in [4.69, 9.17) is 4.74 Å². The Hall–Kier alpha value is -1.50. The van der Waals surface area contributed by atoms with Gasteiger partial charge in [-0.3, -0.25) is 0 Å². The molecule has 1 amide bonds. The van der Waals surface area contributed by atoms with Crippen LogP contribution in [0.5, 0.6) is 0 Å². The number of nitrogens with zero attached hydrogens (tertiary/aromatic N) is 2. The van der Waals surface area contributed by atoms with E-state index in [1.165, 1.54) is 0 Å². The van der Waals surface area contributed by atoms with Crippen LogP contribution >= 0.6 is 0 Å². The van der Waals surface area contributed by atoms with Crippen LogP contribution in [0, 0.1) is 6.92 Å². The van der Waals surface area contributed by atoms with Crippen LogP contribution in [0.1, 0.15) is 0 Å². The quantitative estimate of drug-likeness (QED) is 0.832. The molecule has 3 rings (SSSR count). The molecule has 1 radical (unpaired) electrons. The van der Waals surface area contributed by atoms with E-state index >= 15 is 4.48 Å². The molecule has 2 saturated heterocycles. The van der Waals surface area contributed by atoms with E-state index in [0.717, 1.165) is 13.1 Å². The minimum Gasteiger partial charge on any atom is -0.406 e. The zero-order chi connectivity index (χ0) is 14.2. The van der Waals surface area contributed by atoms with Crippen molar-refractivity contribution in [2.75, 3.05) is 26.2 Å². The Kier molecular flexibility index (Phi) is 3.45. The molecule has 1 N–H and O–H groups in total. The minimum absolute atomic E-state index is 0.284. The second kappa shape index (κ2) is 5.12. The maximum Gasteiger partial charge on any atom is 0.563 e. The molecule has 1 aromatic carbocycles. The predicted molar refractivity (Wildman–Crippen MR) is 73.2 cm³/mol. The summed E-state index contributed by atoms with van der Waals surface area (Å²) in [6.07, 6.45) is -2.34. The molecule has 2 aliphatic heterocycles. The molecule has 0 bridgehead atoms. The number of carbonyl (C=O) groups excluding carboxylic acids is 1. The molecule has 3 atom stereocenters. The Labute approximate surface area is 117 Å². The third-order valence-corrected chi connectivity index (χ3v) is 3.87. The fourth-order valence-corrected chi connectivity index (χ4v) is 2.91. The molecular weight excluding hydrogens is 261 g/mol. The molecule has 0 saturated carbocycles. The highest BCUT2D eigenvalue weighted by Crippen LogP contribution is 2.37. The predicted octanol–water partition coefficient (Wildman–Crippen LogP) is 1.46. The average Bonchev–Trinajstić information content (AvgIpc) is 2.72. The fraction of sp³-hybridized carbons (Fsp3) is 0.429. The zero-order valence-corrected chi connectivity index (χ0v) is 11.2. The van der Waals surface area contributed by atoms with E-state index in [9.17, 15) is 4.79 Å². The molecule has 107 valence electrons. The number of piperazine rings is 1. The number of benzene rings is 1. The van der Waals surface area contributed by atoms with Crippen LogP contribution < -0.4 is 10.0 Å². The van der Waals surface area contributed by atoms with Crippen molar-refractivity contribution in [2.24, 2.45) is 0 Å². The smallest absolute Gasteiger partial charge is 0.406 e. The summed E-state index contributed by atoms with van der Waals surface area (Å²) in [5.74, 6) is 0. The highest BCUT2D eigenvalue weighted by molar-refractivity contribution is 5.83. The number of quaternary nitrogens is 1. The van der Waals surface area contributed by atoms with E-state index in [0.29, 0.717) is 13.1 Å². The first kappa shape index (κ1) is 13.5. The number of hydrogen-bond donors (Lipinski definition) is 1. The number of carbonyl (C=O) groups is 1. The number of ether oxygens (including phenoxy) is 1. The van der Waals surface area contributed by atoms with Crippen LogP contribution in [-0.2, 0) is 4.74 Å². The van der Waals surface area contributed by atoms with Gasteiger partial charge < -0.3 is 10.1 Å². The van der Waals surface area contributed by atoms with Gasteiger partial charge in [0.25, 0.3) is 0 Å². The number of hydrogen-bond acceptors (Lipinski definition) is 4. The molecule has 6 heteroatoms. The van der Waals surface area contributed by atoms with Crippen molar-refractivity contribution in [1.82, 2.24) is 14.9 Å². The highest BCUT2D eigenvalue weighted by atomic mass is 19.2. The monoisotopic (exact) mass is 279 g/mol. The minimum atomic E-state index is -1.35. The van der Waals surface area contributed by atoms with Gasteiger partial charge in [0.1, 0.15) is 0 Å². The van der Waals surface area contributed by atoms with E-state index < -0.39 is 23.1 Å². The Morgan fingerprint density at radius 3 is 2.60 bits per heavy atom. The van der Waals surface area contributed by atoms with E-state index in [2.05, 4.69) is 12.2 Å². The molecule has 0 aliphatic carbocycles. The van der Waals surface area contributed by atoms with Gasteiger partial charge >= 0.3 is 6.09 Å². The molecule has 2 fully saturated rings. The van der Waals surface area contributed by atoms with Gasteiger partial charge in [-0.2, -0.15) is 4.79 Å². The third kappa shape index (κ3) is 2.00. The summed E-state index contributed by atoms with van der Waals surface area (Å²) in [6.45, 7) is 6.69. The summed E-state index contributed by atoms with van der Waals surface area (Å²) in [5.41, 5.74) is 0.284. The number of para-hydroxylation sites is 1. The van der Waals surface area contributed by atoms with Crippen LogP contribution in [-0.4, -0.2) is 49.4 Å². The molecule has 0 aromatic heterocycles. The van der Waals surface area contributed by atoms with Gasteiger partial charge in [0.15, 0.2) is 11.8 Å². The van der Waals surface area contributed by atoms with Gasteiger partial charge in [-0.15, -0.1) is 0 Å². The van der Waals surface area contributed by atoms with Crippen LogP contribution in [0.3, 0.4) is 0 Å². The third-order valence-electron chi connectivity index (χ3n) is 3.87. The summed E-state index contributed by atoms with van der Waals surface area (Å²) < 4.78 is 19.2. The summed E-state index contributed by atoms with van der Waals surface area (Å²) in [5, 5.41) is 3.21. The van der Waals surface area contributed by atoms with Gasteiger partial charge in [-0.05, 0) is 6.92 Å². The van der Waals surface area contributed by atoms with Crippen LogP contribution in [0.25, 0.3) is 0 Å². The van der Waals surface area contributed by atoms with E-state index in [1.807, 2.05) is 4.90 Å². The first-order valence-electron chi connectivity index (χ1n) is 6.77. The number of nitrogens with one attached hydrogen (secondary N) is 1. The number of rotatable bonds is 2. The Balaban J connectivity index is 1.99. The van der Waals surface area contributed by atoms with Crippen molar-refractivity contribution in [2.45, 2.75) is 12.3 Å². The van der Waals surface area contributed by atoms with E-state index in [-0.39, 0.29) is 5.69 Å². The maximum atomic E-state index is 15.5. The molecule has 20 heavy (non-hydrogen) atoms. The molecule has 0 spiro atoms. The van der Waals surface area contributed by atoms with Gasteiger partial charge in [-0.1, -0.05) is 18.2 Å². The van der Waals surface area contributed by atoms with Gasteiger partial charge in [-0.25, -0.2) is 4.90 Å². The lowest BCUT2D eigenvalue weighted by molar-refractivity contribution is -0.0297. The first-order valence-corrected chi connectivity index (χ1v) is 6.77. The molecule has 3 unspecified atom stereocenters. The molecule has 2 heterocycles. The summed E-state index contributed by atoms with van der Waals surface area (Å²) in [4.78, 5) is 14.0. The van der Waals surface area contributed by atoms with Crippen molar-refractivity contribution < 1.29 is 14.0 Å². The molecule has 5 nitrogen and oxygen atoms in total. The summed E-state index contributed by atoms with van der Waals surface area (Å²) >= 11 is 0. The van der Waals surface area contributed by atoms with Gasteiger partial charge in [0, 0.05) is 47.5 Å². The molecular formula is C14H18FN3O2+. The Morgan fingerprint density at radius 2 is 1.95 bits per heavy atom. The average molecular weight is 279 g/mol. The van der Waals surface area contributed by atoms with Crippen LogP contribution in [0.15, 0.2) is 30.3 Å². The van der Waals surface area contributed by atoms with Gasteiger partial charge in [0.05, 0.1) is 0 Å². The van der Waals surface area contributed by atoms with Crippen molar-refractivity contribution >= 4 is 11.8 Å². The molecule has 1 aromatic rings. The SMILES string of the molecule is [CH2]C1OC(=O)[N+](F)(c2ccccc2)C1N1CCNCC1. The van der Waals surface area contributed by atoms with Crippen LogP contribution in [0.4, 0.5) is 15.0 Å².